The second-order valence-electron chi connectivity index (χ2n) is 3.79. The molecule has 2 aromatic rings. The minimum absolute atomic E-state index is 0.368. The Kier molecular flexibility index (Phi) is 3.29. The van der Waals surface area contributed by atoms with Crippen LogP contribution in [0.15, 0.2) is 36.9 Å². The van der Waals surface area contributed by atoms with Gasteiger partial charge in [0.2, 0.25) is 0 Å². The molecule has 4 nitrogen and oxygen atoms in total. The molecule has 1 aromatic heterocycles. The number of fused-ring (bicyclic) bond motifs is 1. The maximum absolute atomic E-state index is 11.9. The first kappa shape index (κ1) is 12.4. The van der Waals surface area contributed by atoms with Gasteiger partial charge in [0, 0.05) is 16.8 Å². The Morgan fingerprint density at radius 3 is 3.11 bits per heavy atom. The number of hydrogen-bond donors (Lipinski definition) is 1. The average Bonchev–Trinajstić information content (AvgIpc) is 2.94. The van der Waals surface area contributed by atoms with Gasteiger partial charge in [-0.15, -0.1) is 24.4 Å². The molecule has 0 bridgehead atoms. The van der Waals surface area contributed by atoms with E-state index in [1.165, 1.54) is 4.57 Å². The van der Waals surface area contributed by atoms with Gasteiger partial charge >= 0.3 is 5.76 Å². The molecule has 0 radical (unpaired) electrons. The van der Waals surface area contributed by atoms with E-state index in [-0.39, 0.29) is 5.37 Å². The zero-order valence-corrected chi connectivity index (χ0v) is 12.5. The Bertz CT molecular complexity index is 692. The van der Waals surface area contributed by atoms with Crippen LogP contribution in [0.2, 0.25) is 0 Å². The first-order valence-electron chi connectivity index (χ1n) is 5.32. The Labute approximate surface area is 121 Å². The van der Waals surface area contributed by atoms with E-state index in [0.29, 0.717) is 5.58 Å². The number of oxazole rings is 1. The number of halogens is 1. The number of nitrogens with zero attached hydrogens (tertiary/aromatic N) is 2. The molecular formula is C11H9BrN2O2S2. The largest absolute Gasteiger partial charge is 0.421 e. The predicted molar refractivity (Wildman–Crippen MR) is 81.0 cm³/mol. The van der Waals surface area contributed by atoms with Crippen LogP contribution >= 0.6 is 40.3 Å². The summed E-state index contributed by atoms with van der Waals surface area (Å²) in [4.78, 5) is 16.3. The summed E-state index contributed by atoms with van der Waals surface area (Å²) in [5, 5.41) is 0.499. The SMILES string of the molecule is O=c1oc2cc(Br)ccc2n1C(S)C1=NCCS1. The zero-order chi connectivity index (χ0) is 12.7. The van der Waals surface area contributed by atoms with Gasteiger partial charge in [-0.3, -0.25) is 9.56 Å². The smallest absolute Gasteiger partial charge is 0.408 e. The van der Waals surface area contributed by atoms with Crippen molar-refractivity contribution in [2.45, 2.75) is 5.37 Å². The van der Waals surface area contributed by atoms with Crippen molar-refractivity contribution in [3.8, 4) is 0 Å². The van der Waals surface area contributed by atoms with E-state index in [1.54, 1.807) is 17.8 Å². The standard InChI is InChI=1S/C11H9BrN2O2S2/c12-6-1-2-7-8(5-6)16-11(15)14(7)10(17)9-13-3-4-18-9/h1-2,5,10,17H,3-4H2. The molecule has 7 heteroatoms. The molecule has 0 saturated heterocycles. The van der Waals surface area contributed by atoms with E-state index in [2.05, 4.69) is 33.6 Å². The second kappa shape index (κ2) is 4.79. The van der Waals surface area contributed by atoms with Gasteiger partial charge in [-0.25, -0.2) is 4.79 Å². The monoisotopic (exact) mass is 344 g/mol. The Morgan fingerprint density at radius 1 is 1.56 bits per heavy atom. The van der Waals surface area contributed by atoms with Crippen molar-refractivity contribution >= 4 is 56.5 Å². The van der Waals surface area contributed by atoms with Gasteiger partial charge in [0.1, 0.15) is 10.4 Å². The molecule has 1 unspecified atom stereocenters. The van der Waals surface area contributed by atoms with Crippen molar-refractivity contribution in [1.82, 2.24) is 4.57 Å². The fourth-order valence-electron chi connectivity index (χ4n) is 1.86. The normalized spacial score (nSPS) is 17.1. The highest BCUT2D eigenvalue weighted by molar-refractivity contribution is 9.10. The minimum atomic E-state index is -0.404. The molecule has 0 aliphatic carbocycles. The Morgan fingerprint density at radius 2 is 2.39 bits per heavy atom. The maximum Gasteiger partial charge on any atom is 0.421 e. The van der Waals surface area contributed by atoms with Crippen LogP contribution in [0.3, 0.4) is 0 Å². The number of thioether (sulfide) groups is 1. The first-order chi connectivity index (χ1) is 8.66. The van der Waals surface area contributed by atoms with Crippen molar-refractivity contribution in [2.75, 3.05) is 12.3 Å². The zero-order valence-electron chi connectivity index (χ0n) is 9.17. The van der Waals surface area contributed by atoms with Gasteiger partial charge in [-0.1, -0.05) is 15.9 Å². The predicted octanol–water partition coefficient (Wildman–Crippen LogP) is 2.93. The summed E-state index contributed by atoms with van der Waals surface area (Å²) >= 11 is 9.48. The Balaban J connectivity index is 2.16. The number of hydrogen-bond acceptors (Lipinski definition) is 5. The molecule has 18 heavy (non-hydrogen) atoms. The van der Waals surface area contributed by atoms with Crippen molar-refractivity contribution in [2.24, 2.45) is 4.99 Å². The summed E-state index contributed by atoms with van der Waals surface area (Å²) in [5.41, 5.74) is 1.29. The van der Waals surface area contributed by atoms with Crippen LogP contribution in [-0.4, -0.2) is 21.9 Å². The third-order valence-electron chi connectivity index (χ3n) is 2.65. The molecule has 0 N–H and O–H groups in total. The molecule has 1 aromatic carbocycles. The van der Waals surface area contributed by atoms with Crippen LogP contribution < -0.4 is 5.76 Å². The summed E-state index contributed by atoms with van der Waals surface area (Å²) in [7, 11) is 0. The molecule has 1 aliphatic rings. The molecule has 0 amide bonds. The lowest BCUT2D eigenvalue weighted by atomic mass is 10.3. The van der Waals surface area contributed by atoms with E-state index in [4.69, 9.17) is 4.42 Å². The number of aliphatic imine (C=N–C) groups is 1. The van der Waals surface area contributed by atoms with Crippen molar-refractivity contribution in [3.63, 3.8) is 0 Å². The molecule has 94 valence electrons. The van der Waals surface area contributed by atoms with Gasteiger partial charge in [-0.05, 0) is 18.2 Å². The first-order valence-corrected chi connectivity index (χ1v) is 7.62. The molecule has 0 saturated carbocycles. The lowest BCUT2D eigenvalue weighted by molar-refractivity contribution is 0.522. The van der Waals surface area contributed by atoms with Crippen LogP contribution in [0, 0.1) is 0 Å². The van der Waals surface area contributed by atoms with Crippen LogP contribution in [0.5, 0.6) is 0 Å². The molecule has 1 aliphatic heterocycles. The number of rotatable bonds is 2. The van der Waals surface area contributed by atoms with E-state index in [1.807, 2.05) is 12.1 Å². The molecule has 3 rings (SSSR count). The molecular weight excluding hydrogens is 336 g/mol. The number of benzene rings is 1. The molecule has 0 spiro atoms. The van der Waals surface area contributed by atoms with Crippen molar-refractivity contribution in [3.05, 3.63) is 33.2 Å². The van der Waals surface area contributed by atoms with E-state index in [0.717, 1.165) is 27.3 Å². The van der Waals surface area contributed by atoms with Gasteiger partial charge in [0.25, 0.3) is 0 Å². The summed E-state index contributed by atoms with van der Waals surface area (Å²) in [6.07, 6.45) is 0. The average molecular weight is 345 g/mol. The highest BCUT2D eigenvalue weighted by Gasteiger charge is 2.22. The lowest BCUT2D eigenvalue weighted by Gasteiger charge is -2.10. The third kappa shape index (κ3) is 2.04. The van der Waals surface area contributed by atoms with E-state index >= 15 is 0 Å². The molecule has 1 atom stereocenters. The minimum Gasteiger partial charge on any atom is -0.408 e. The lowest BCUT2D eigenvalue weighted by Crippen LogP contribution is -2.21. The van der Waals surface area contributed by atoms with Crippen molar-refractivity contribution < 1.29 is 4.42 Å². The van der Waals surface area contributed by atoms with E-state index < -0.39 is 5.76 Å². The van der Waals surface area contributed by atoms with Gasteiger partial charge in [-0.2, -0.15) is 0 Å². The number of aromatic nitrogens is 1. The highest BCUT2D eigenvalue weighted by Crippen LogP contribution is 2.28. The summed E-state index contributed by atoms with van der Waals surface area (Å²) in [6.45, 7) is 0.785. The third-order valence-corrected chi connectivity index (χ3v) is 4.83. The van der Waals surface area contributed by atoms with E-state index in [9.17, 15) is 4.79 Å². The van der Waals surface area contributed by atoms with Gasteiger partial charge in [0.15, 0.2) is 5.58 Å². The second-order valence-corrected chi connectivity index (χ2v) is 6.31. The van der Waals surface area contributed by atoms with Crippen LogP contribution in [0.25, 0.3) is 11.1 Å². The maximum atomic E-state index is 11.9. The highest BCUT2D eigenvalue weighted by atomic mass is 79.9. The number of thiol groups is 1. The van der Waals surface area contributed by atoms with Gasteiger partial charge < -0.3 is 4.42 Å². The van der Waals surface area contributed by atoms with Crippen LogP contribution in [0.1, 0.15) is 5.37 Å². The Hall–Kier alpha value is -0.660. The summed E-state index contributed by atoms with van der Waals surface area (Å²) in [5.74, 6) is 0.543. The van der Waals surface area contributed by atoms with Gasteiger partial charge in [0.05, 0.1) is 5.52 Å². The summed E-state index contributed by atoms with van der Waals surface area (Å²) < 4.78 is 7.63. The summed E-state index contributed by atoms with van der Waals surface area (Å²) in [6, 6.07) is 5.49. The van der Waals surface area contributed by atoms with Crippen LogP contribution in [0.4, 0.5) is 0 Å². The topological polar surface area (TPSA) is 47.5 Å². The molecule has 0 fully saturated rings. The molecule has 2 heterocycles. The fraction of sp³-hybridized carbons (Fsp3) is 0.273. The quantitative estimate of drug-likeness (QED) is 0.852. The van der Waals surface area contributed by atoms with Crippen molar-refractivity contribution in [1.29, 1.82) is 0 Å². The van der Waals surface area contributed by atoms with Crippen LogP contribution in [-0.2, 0) is 0 Å². The fourth-order valence-corrected chi connectivity index (χ4v) is 3.55.